The predicted molar refractivity (Wildman–Crippen MR) is 54.6 cm³/mol. The molecule has 0 N–H and O–H groups in total. The van der Waals surface area contributed by atoms with Gasteiger partial charge in [-0.05, 0) is 5.41 Å². The Morgan fingerprint density at radius 3 is 2.08 bits per heavy atom. The zero-order valence-corrected chi connectivity index (χ0v) is 9.41. The smallest absolute Gasteiger partial charge is 0.107 e. The normalized spacial score (nSPS) is 35.5. The van der Waals surface area contributed by atoms with E-state index in [4.69, 9.17) is 0 Å². The van der Waals surface area contributed by atoms with E-state index < -0.39 is 11.2 Å². The van der Waals surface area contributed by atoms with Crippen molar-refractivity contribution in [3.63, 3.8) is 0 Å². The van der Waals surface area contributed by atoms with Crippen molar-refractivity contribution >= 4 is 11.2 Å². The zero-order valence-electron chi connectivity index (χ0n) is 8.59. The van der Waals surface area contributed by atoms with E-state index in [2.05, 4.69) is 26.8 Å². The molecule has 2 nitrogen and oxygen atoms in total. The van der Waals surface area contributed by atoms with Crippen LogP contribution in [0.1, 0.15) is 33.6 Å². The Morgan fingerprint density at radius 2 is 1.77 bits per heavy atom. The molecule has 0 aromatic rings. The lowest BCUT2D eigenvalue weighted by Gasteiger charge is -2.41. The fourth-order valence-electron chi connectivity index (χ4n) is 1.83. The summed E-state index contributed by atoms with van der Waals surface area (Å²) >= 11 is -0.674. The second kappa shape index (κ2) is 3.51. The molecule has 1 heterocycles. The summed E-state index contributed by atoms with van der Waals surface area (Å²) in [5.74, 6) is 1.40. The van der Waals surface area contributed by atoms with Gasteiger partial charge < -0.3 is 4.55 Å². The molecule has 3 heteroatoms. The molecule has 0 aromatic heterocycles. The average molecular weight is 199 g/mol. The molecule has 0 bridgehead atoms. The van der Waals surface area contributed by atoms with E-state index >= 15 is 0 Å². The van der Waals surface area contributed by atoms with Crippen LogP contribution in [0.15, 0.2) is 0 Å². The van der Waals surface area contributed by atoms with Crippen LogP contribution in [0, 0.1) is 22.2 Å². The minimum Gasteiger partial charge on any atom is -0.616 e. The van der Waals surface area contributed by atoms with Crippen LogP contribution in [-0.2, 0) is 11.2 Å². The topological polar surface area (TPSA) is 46.8 Å². The van der Waals surface area contributed by atoms with Crippen molar-refractivity contribution in [1.82, 2.24) is 0 Å². The molecule has 0 unspecified atom stereocenters. The molecule has 0 atom stereocenters. The first-order valence-corrected chi connectivity index (χ1v) is 6.16. The van der Waals surface area contributed by atoms with E-state index in [1.165, 1.54) is 0 Å². The predicted octanol–water partition coefficient (Wildman–Crippen LogP) is 2.08. The highest BCUT2D eigenvalue weighted by atomic mass is 32.2. The second-order valence-electron chi connectivity index (χ2n) is 4.79. The average Bonchev–Trinajstić information content (AvgIpc) is 2.04. The molecule has 1 rings (SSSR count). The Morgan fingerprint density at radius 1 is 1.31 bits per heavy atom. The summed E-state index contributed by atoms with van der Waals surface area (Å²) in [6, 6.07) is 2.44. The highest BCUT2D eigenvalue weighted by Crippen LogP contribution is 2.46. The van der Waals surface area contributed by atoms with Gasteiger partial charge in [0.25, 0.3) is 0 Å². The second-order valence-corrected chi connectivity index (χ2v) is 6.49. The van der Waals surface area contributed by atoms with Crippen molar-refractivity contribution in [1.29, 1.82) is 5.26 Å². The molecule has 1 aliphatic rings. The van der Waals surface area contributed by atoms with Gasteiger partial charge in [-0.1, -0.05) is 31.9 Å². The van der Waals surface area contributed by atoms with Gasteiger partial charge in [0.1, 0.15) is 11.5 Å². The van der Waals surface area contributed by atoms with E-state index in [-0.39, 0.29) is 10.8 Å². The van der Waals surface area contributed by atoms with Crippen molar-refractivity contribution in [2.45, 2.75) is 33.6 Å². The first-order valence-electron chi connectivity index (χ1n) is 4.67. The highest BCUT2D eigenvalue weighted by Gasteiger charge is 2.46. The van der Waals surface area contributed by atoms with Crippen LogP contribution in [0.25, 0.3) is 0 Å². The van der Waals surface area contributed by atoms with Crippen LogP contribution in [-0.4, -0.2) is 16.1 Å². The quantitative estimate of drug-likeness (QED) is 0.561. The van der Waals surface area contributed by atoms with Gasteiger partial charge in [0.2, 0.25) is 0 Å². The number of nitriles is 1. The van der Waals surface area contributed by atoms with Crippen molar-refractivity contribution in [3.8, 4) is 6.07 Å². The Balaban J connectivity index is 2.80. The standard InChI is InChI=1S/C10H17NOS/c1-9(2,3)10(8-11)4-6-13(12)7-5-10/h4-7H2,1-3H3. The molecule has 0 radical (unpaired) electrons. The maximum absolute atomic E-state index is 11.2. The Labute approximate surface area is 83.5 Å². The van der Waals surface area contributed by atoms with Crippen molar-refractivity contribution in [2.75, 3.05) is 11.5 Å². The van der Waals surface area contributed by atoms with E-state index in [1.807, 2.05) is 0 Å². The molecule has 0 aromatic carbocycles. The van der Waals surface area contributed by atoms with Crippen LogP contribution in [0.2, 0.25) is 0 Å². The number of nitrogens with zero attached hydrogens (tertiary/aromatic N) is 1. The summed E-state index contributed by atoms with van der Waals surface area (Å²) in [5, 5.41) is 9.21. The molecule has 1 saturated heterocycles. The van der Waals surface area contributed by atoms with E-state index in [1.54, 1.807) is 0 Å². The largest absolute Gasteiger partial charge is 0.616 e. The fourth-order valence-corrected chi connectivity index (χ4v) is 3.19. The maximum Gasteiger partial charge on any atom is 0.107 e. The molecule has 0 saturated carbocycles. The molecule has 0 aliphatic carbocycles. The molecular weight excluding hydrogens is 182 g/mol. The lowest BCUT2D eigenvalue weighted by Crippen LogP contribution is -2.41. The molecule has 0 spiro atoms. The molecule has 74 valence electrons. The summed E-state index contributed by atoms with van der Waals surface area (Å²) in [4.78, 5) is 0. The van der Waals surface area contributed by atoms with Gasteiger partial charge in [-0.15, -0.1) is 0 Å². The monoisotopic (exact) mass is 199 g/mol. The number of hydrogen-bond donors (Lipinski definition) is 0. The van der Waals surface area contributed by atoms with E-state index in [0.29, 0.717) is 11.5 Å². The molecule has 1 fully saturated rings. The third-order valence-corrected chi connectivity index (χ3v) is 4.48. The third-order valence-electron chi connectivity index (χ3n) is 3.16. The van der Waals surface area contributed by atoms with Crippen LogP contribution in [0.3, 0.4) is 0 Å². The molecule has 0 amide bonds. The first-order chi connectivity index (χ1) is 5.91. The van der Waals surface area contributed by atoms with Crippen LogP contribution in [0.4, 0.5) is 0 Å². The molecule has 1 aliphatic heterocycles. The van der Waals surface area contributed by atoms with Gasteiger partial charge in [-0.3, -0.25) is 0 Å². The Kier molecular flexibility index (Phi) is 2.94. The summed E-state index contributed by atoms with van der Waals surface area (Å²) < 4.78 is 11.2. The van der Waals surface area contributed by atoms with Crippen molar-refractivity contribution in [2.24, 2.45) is 10.8 Å². The van der Waals surface area contributed by atoms with Crippen molar-refractivity contribution in [3.05, 3.63) is 0 Å². The van der Waals surface area contributed by atoms with Gasteiger partial charge in [0.05, 0.1) is 11.5 Å². The summed E-state index contributed by atoms with van der Waals surface area (Å²) in [6.07, 6.45) is 1.58. The summed E-state index contributed by atoms with van der Waals surface area (Å²) in [5.41, 5.74) is -0.243. The van der Waals surface area contributed by atoms with Gasteiger partial charge in [0, 0.05) is 12.8 Å². The van der Waals surface area contributed by atoms with Gasteiger partial charge in [-0.2, -0.15) is 5.26 Å². The van der Waals surface area contributed by atoms with Crippen LogP contribution < -0.4 is 0 Å². The third kappa shape index (κ3) is 2.00. The molecule has 13 heavy (non-hydrogen) atoms. The van der Waals surface area contributed by atoms with Gasteiger partial charge in [0.15, 0.2) is 0 Å². The Hall–Kier alpha value is -0.200. The first kappa shape index (κ1) is 10.9. The number of hydrogen-bond acceptors (Lipinski definition) is 2. The van der Waals surface area contributed by atoms with Crippen LogP contribution >= 0.6 is 0 Å². The van der Waals surface area contributed by atoms with E-state index in [0.717, 1.165) is 12.8 Å². The minimum absolute atomic E-state index is 0.00632. The van der Waals surface area contributed by atoms with E-state index in [9.17, 15) is 9.81 Å². The van der Waals surface area contributed by atoms with Crippen LogP contribution in [0.5, 0.6) is 0 Å². The fraction of sp³-hybridized carbons (Fsp3) is 0.900. The Bertz CT molecular complexity index is 218. The molecular formula is C10H17NOS. The number of rotatable bonds is 0. The highest BCUT2D eigenvalue weighted by molar-refractivity contribution is 7.91. The summed E-state index contributed by atoms with van der Waals surface area (Å²) in [6.45, 7) is 6.30. The lowest BCUT2D eigenvalue weighted by atomic mass is 9.64. The van der Waals surface area contributed by atoms with Crippen molar-refractivity contribution < 1.29 is 4.55 Å². The minimum atomic E-state index is -0.674. The SMILES string of the molecule is CC(C)(C)C1(C#N)CC[S+]([O-])CC1. The van der Waals surface area contributed by atoms with Gasteiger partial charge in [-0.25, -0.2) is 0 Å². The zero-order chi connectivity index (χ0) is 10.1. The van der Waals surface area contributed by atoms with Gasteiger partial charge >= 0.3 is 0 Å². The maximum atomic E-state index is 11.2. The lowest BCUT2D eigenvalue weighted by molar-refractivity contribution is 0.139. The summed E-state index contributed by atoms with van der Waals surface area (Å²) in [7, 11) is 0.